The number of pyridine rings is 1. The molecule has 0 amide bonds. The summed E-state index contributed by atoms with van der Waals surface area (Å²) in [5.41, 5.74) is 0.683. The Kier molecular flexibility index (Phi) is 4.54. The van der Waals surface area contributed by atoms with Crippen molar-refractivity contribution < 1.29 is 4.92 Å². The van der Waals surface area contributed by atoms with Crippen molar-refractivity contribution in [1.82, 2.24) is 4.98 Å². The number of aryl methyl sites for hydroxylation is 1. The van der Waals surface area contributed by atoms with Crippen molar-refractivity contribution in [1.29, 1.82) is 0 Å². The normalized spacial score (nSPS) is 12.2. The van der Waals surface area contributed by atoms with Gasteiger partial charge < -0.3 is 5.32 Å². The van der Waals surface area contributed by atoms with Crippen LogP contribution in [-0.4, -0.2) is 28.0 Å². The van der Waals surface area contributed by atoms with Gasteiger partial charge in [-0.3, -0.25) is 10.1 Å². The zero-order chi connectivity index (χ0) is 12.1. The van der Waals surface area contributed by atoms with Gasteiger partial charge in [0.1, 0.15) is 5.82 Å². The second-order valence-corrected chi connectivity index (χ2v) is 4.82. The number of nitrogens with one attached hydrogen (secondary N) is 1. The van der Waals surface area contributed by atoms with E-state index in [9.17, 15) is 10.1 Å². The number of nitrogens with zero attached hydrogens (tertiary/aromatic N) is 2. The summed E-state index contributed by atoms with van der Waals surface area (Å²) < 4.78 is 0. The van der Waals surface area contributed by atoms with Crippen LogP contribution in [0, 0.1) is 17.0 Å². The van der Waals surface area contributed by atoms with E-state index in [-0.39, 0.29) is 10.6 Å². The van der Waals surface area contributed by atoms with Crippen LogP contribution in [0.5, 0.6) is 0 Å². The molecule has 1 aromatic heterocycles. The molecule has 88 valence electrons. The number of hydrogen-bond acceptors (Lipinski definition) is 5. The van der Waals surface area contributed by atoms with Gasteiger partial charge in [0, 0.05) is 23.6 Å². The lowest BCUT2D eigenvalue weighted by atomic mass is 10.2. The molecule has 0 bridgehead atoms. The molecule has 0 aliphatic carbocycles. The lowest BCUT2D eigenvalue weighted by Crippen LogP contribution is -2.13. The summed E-state index contributed by atoms with van der Waals surface area (Å²) in [4.78, 5) is 14.4. The van der Waals surface area contributed by atoms with E-state index >= 15 is 0 Å². The topological polar surface area (TPSA) is 68.1 Å². The van der Waals surface area contributed by atoms with Crippen LogP contribution in [0.4, 0.5) is 11.5 Å². The van der Waals surface area contributed by atoms with Crippen molar-refractivity contribution in [2.75, 3.05) is 18.1 Å². The van der Waals surface area contributed by atoms with E-state index in [4.69, 9.17) is 0 Å². The van der Waals surface area contributed by atoms with Gasteiger partial charge in [-0.1, -0.05) is 6.92 Å². The van der Waals surface area contributed by atoms with E-state index in [2.05, 4.69) is 17.2 Å². The van der Waals surface area contributed by atoms with Crippen LogP contribution in [-0.2, 0) is 0 Å². The summed E-state index contributed by atoms with van der Waals surface area (Å²) in [7, 11) is 0. The summed E-state index contributed by atoms with van der Waals surface area (Å²) >= 11 is 1.73. The van der Waals surface area contributed by atoms with Crippen LogP contribution in [0.2, 0.25) is 0 Å². The van der Waals surface area contributed by atoms with Crippen LogP contribution in [0.25, 0.3) is 0 Å². The minimum absolute atomic E-state index is 0.106. The zero-order valence-corrected chi connectivity index (χ0v) is 10.4. The first kappa shape index (κ1) is 12.8. The molecule has 0 radical (unpaired) electrons. The minimum Gasteiger partial charge on any atom is -0.369 e. The van der Waals surface area contributed by atoms with Crippen molar-refractivity contribution in [3.8, 4) is 0 Å². The molecule has 0 spiro atoms. The molecule has 1 rings (SSSR count). The van der Waals surface area contributed by atoms with Gasteiger partial charge in [0.2, 0.25) is 0 Å². The molecule has 6 heteroatoms. The van der Waals surface area contributed by atoms with Crippen molar-refractivity contribution >= 4 is 23.3 Å². The maximum absolute atomic E-state index is 10.7. The lowest BCUT2D eigenvalue weighted by Gasteiger charge is -2.10. The van der Waals surface area contributed by atoms with E-state index in [1.807, 2.05) is 6.26 Å². The zero-order valence-electron chi connectivity index (χ0n) is 9.56. The molecule has 5 nitrogen and oxygen atoms in total. The SMILES string of the molecule is CSC(C)CNc1cc([N+](=O)[O-])c(C)cn1. The van der Waals surface area contributed by atoms with Gasteiger partial charge in [-0.25, -0.2) is 4.98 Å². The number of nitro groups is 1. The number of rotatable bonds is 5. The molecule has 1 atom stereocenters. The van der Waals surface area contributed by atoms with E-state index in [0.717, 1.165) is 6.54 Å². The molecule has 0 saturated carbocycles. The Balaban J connectivity index is 2.75. The highest BCUT2D eigenvalue weighted by Gasteiger charge is 2.12. The fraction of sp³-hybridized carbons (Fsp3) is 0.500. The molecule has 16 heavy (non-hydrogen) atoms. The molecule has 0 saturated heterocycles. The van der Waals surface area contributed by atoms with Gasteiger partial charge >= 0.3 is 0 Å². The Morgan fingerprint density at radius 2 is 2.38 bits per heavy atom. The molecule has 0 aliphatic heterocycles. The van der Waals surface area contributed by atoms with Gasteiger partial charge in [-0.2, -0.15) is 11.8 Å². The predicted molar refractivity (Wildman–Crippen MR) is 67.1 cm³/mol. The summed E-state index contributed by atoms with van der Waals surface area (Å²) in [6.07, 6.45) is 3.54. The predicted octanol–water partition coefficient (Wildman–Crippen LogP) is 2.46. The third-order valence-electron chi connectivity index (χ3n) is 2.24. The Morgan fingerprint density at radius 1 is 1.69 bits per heavy atom. The quantitative estimate of drug-likeness (QED) is 0.633. The van der Waals surface area contributed by atoms with Crippen LogP contribution in [0.15, 0.2) is 12.3 Å². The summed E-state index contributed by atoms with van der Waals surface area (Å²) in [6.45, 7) is 4.51. The molecule has 1 unspecified atom stereocenters. The van der Waals surface area contributed by atoms with Crippen molar-refractivity contribution in [3.05, 3.63) is 27.9 Å². The molecule has 0 fully saturated rings. The third kappa shape index (κ3) is 3.37. The molecular formula is C10H15N3O2S. The second-order valence-electron chi connectivity index (χ2n) is 3.54. The number of aromatic nitrogens is 1. The standard InChI is InChI=1S/C10H15N3O2S/c1-7-5-11-10(4-9(7)13(14)15)12-6-8(2)16-3/h4-5,8H,6H2,1-3H3,(H,11,12). The van der Waals surface area contributed by atoms with Crippen molar-refractivity contribution in [2.24, 2.45) is 0 Å². The van der Waals surface area contributed by atoms with E-state index in [1.54, 1.807) is 18.7 Å². The maximum atomic E-state index is 10.7. The lowest BCUT2D eigenvalue weighted by molar-refractivity contribution is -0.385. The van der Waals surface area contributed by atoms with Gasteiger partial charge in [0.05, 0.1) is 11.0 Å². The summed E-state index contributed by atoms with van der Waals surface area (Å²) in [6, 6.07) is 1.47. The van der Waals surface area contributed by atoms with Crippen molar-refractivity contribution in [3.63, 3.8) is 0 Å². The van der Waals surface area contributed by atoms with E-state index in [1.165, 1.54) is 12.3 Å². The fourth-order valence-corrected chi connectivity index (χ4v) is 1.39. The fourth-order valence-electron chi connectivity index (χ4n) is 1.14. The van der Waals surface area contributed by atoms with Crippen LogP contribution >= 0.6 is 11.8 Å². The molecular weight excluding hydrogens is 226 g/mol. The summed E-state index contributed by atoms with van der Waals surface area (Å²) in [5, 5.41) is 14.2. The Morgan fingerprint density at radius 3 is 2.94 bits per heavy atom. The largest absolute Gasteiger partial charge is 0.369 e. The van der Waals surface area contributed by atoms with E-state index < -0.39 is 0 Å². The first-order chi connectivity index (χ1) is 7.54. The second kappa shape index (κ2) is 5.69. The highest BCUT2D eigenvalue weighted by atomic mass is 32.2. The van der Waals surface area contributed by atoms with Gasteiger partial charge in [0.25, 0.3) is 5.69 Å². The molecule has 1 N–H and O–H groups in total. The summed E-state index contributed by atoms with van der Waals surface area (Å²) in [5.74, 6) is 0.554. The Bertz CT molecular complexity index is 384. The minimum atomic E-state index is -0.389. The molecule has 0 aromatic carbocycles. The molecule has 0 aliphatic rings. The Labute approximate surface area is 98.8 Å². The van der Waals surface area contributed by atoms with Gasteiger partial charge in [-0.15, -0.1) is 0 Å². The van der Waals surface area contributed by atoms with Crippen LogP contribution in [0.3, 0.4) is 0 Å². The van der Waals surface area contributed by atoms with Gasteiger partial charge in [-0.05, 0) is 13.2 Å². The van der Waals surface area contributed by atoms with Crippen LogP contribution < -0.4 is 5.32 Å². The number of anilines is 1. The number of thioether (sulfide) groups is 1. The van der Waals surface area contributed by atoms with Crippen molar-refractivity contribution in [2.45, 2.75) is 19.1 Å². The smallest absolute Gasteiger partial charge is 0.277 e. The Hall–Kier alpha value is -1.30. The first-order valence-corrected chi connectivity index (χ1v) is 6.21. The monoisotopic (exact) mass is 241 g/mol. The number of hydrogen-bond donors (Lipinski definition) is 1. The third-order valence-corrected chi connectivity index (χ3v) is 3.22. The highest BCUT2D eigenvalue weighted by Crippen LogP contribution is 2.20. The van der Waals surface area contributed by atoms with E-state index in [0.29, 0.717) is 16.6 Å². The van der Waals surface area contributed by atoms with Crippen LogP contribution in [0.1, 0.15) is 12.5 Å². The first-order valence-electron chi connectivity index (χ1n) is 4.92. The molecule has 1 heterocycles. The average Bonchev–Trinajstić information content (AvgIpc) is 2.27. The molecule has 1 aromatic rings. The average molecular weight is 241 g/mol. The maximum Gasteiger partial charge on any atom is 0.277 e. The highest BCUT2D eigenvalue weighted by molar-refractivity contribution is 7.99. The van der Waals surface area contributed by atoms with Gasteiger partial charge in [0.15, 0.2) is 0 Å².